The first-order valence-corrected chi connectivity index (χ1v) is 9.72. The fourth-order valence-electron chi connectivity index (χ4n) is 2.84. The van der Waals surface area contributed by atoms with Crippen molar-refractivity contribution in [3.63, 3.8) is 0 Å². The zero-order valence-corrected chi connectivity index (χ0v) is 17.8. The molecule has 0 atom stereocenters. The minimum absolute atomic E-state index is 0.293. The van der Waals surface area contributed by atoms with Crippen molar-refractivity contribution in [2.75, 3.05) is 45.2 Å². The van der Waals surface area contributed by atoms with E-state index in [9.17, 15) is 9.59 Å². The van der Waals surface area contributed by atoms with Crippen LogP contribution in [0.25, 0.3) is 0 Å². The minimum Gasteiger partial charge on any atom is -0.494 e. The Morgan fingerprint density at radius 3 is 2.32 bits per heavy atom. The summed E-state index contributed by atoms with van der Waals surface area (Å²) in [7, 11) is 7.12. The lowest BCUT2D eigenvalue weighted by Crippen LogP contribution is -2.41. The van der Waals surface area contributed by atoms with Crippen molar-refractivity contribution in [2.24, 2.45) is 14.1 Å². The van der Waals surface area contributed by atoms with E-state index in [1.807, 2.05) is 36.2 Å². The van der Waals surface area contributed by atoms with Crippen LogP contribution in [0.3, 0.4) is 0 Å². The molecule has 154 valence electrons. The molecule has 0 saturated carbocycles. The molecular formula is C20H29ClN4O3. The second kappa shape index (κ2) is 10.3. The monoisotopic (exact) mass is 408 g/mol. The van der Waals surface area contributed by atoms with Gasteiger partial charge in [-0.15, -0.1) is 0 Å². The molecule has 28 heavy (non-hydrogen) atoms. The largest absolute Gasteiger partial charge is 0.494 e. The fourth-order valence-corrected chi connectivity index (χ4v) is 2.97. The van der Waals surface area contributed by atoms with Crippen molar-refractivity contribution in [3.8, 4) is 5.75 Å². The SMILES string of the molecule is CN(CCCCOc1ccc(Cl)cc1)CCN(C)c1cc(=O)n(C)c(=O)n1C. The number of rotatable bonds is 10. The zero-order valence-electron chi connectivity index (χ0n) is 17.0. The first kappa shape index (κ1) is 22.0. The number of halogens is 1. The first-order valence-electron chi connectivity index (χ1n) is 9.34. The van der Waals surface area contributed by atoms with Gasteiger partial charge in [-0.25, -0.2) is 4.79 Å². The highest BCUT2D eigenvalue weighted by atomic mass is 35.5. The highest BCUT2D eigenvalue weighted by Gasteiger charge is 2.10. The van der Waals surface area contributed by atoms with Crippen molar-refractivity contribution in [2.45, 2.75) is 12.8 Å². The van der Waals surface area contributed by atoms with Gasteiger partial charge in [-0.2, -0.15) is 0 Å². The van der Waals surface area contributed by atoms with Crippen LogP contribution in [0.4, 0.5) is 5.82 Å². The van der Waals surface area contributed by atoms with Crippen LogP contribution in [0, 0.1) is 0 Å². The number of benzene rings is 1. The zero-order chi connectivity index (χ0) is 20.7. The summed E-state index contributed by atoms with van der Waals surface area (Å²) in [5.74, 6) is 1.46. The van der Waals surface area contributed by atoms with E-state index in [4.69, 9.17) is 16.3 Å². The van der Waals surface area contributed by atoms with Crippen LogP contribution in [0.1, 0.15) is 12.8 Å². The predicted molar refractivity (Wildman–Crippen MR) is 114 cm³/mol. The molecule has 2 rings (SSSR count). The summed E-state index contributed by atoms with van der Waals surface area (Å²) >= 11 is 5.85. The first-order chi connectivity index (χ1) is 13.3. The second-order valence-corrected chi connectivity index (χ2v) is 7.41. The van der Waals surface area contributed by atoms with Crippen LogP contribution >= 0.6 is 11.6 Å². The van der Waals surface area contributed by atoms with E-state index < -0.39 is 0 Å². The van der Waals surface area contributed by atoms with Crippen LogP contribution in [0.5, 0.6) is 5.75 Å². The van der Waals surface area contributed by atoms with E-state index in [1.165, 1.54) is 17.7 Å². The molecule has 0 aliphatic rings. The molecule has 0 aliphatic carbocycles. The van der Waals surface area contributed by atoms with Gasteiger partial charge >= 0.3 is 5.69 Å². The van der Waals surface area contributed by atoms with Crippen LogP contribution in [-0.2, 0) is 14.1 Å². The molecule has 0 radical (unpaired) electrons. The van der Waals surface area contributed by atoms with Gasteiger partial charge in [0.1, 0.15) is 11.6 Å². The number of aromatic nitrogens is 2. The number of unbranched alkanes of at least 4 members (excludes halogenated alkanes) is 1. The van der Waals surface area contributed by atoms with Crippen molar-refractivity contribution in [1.29, 1.82) is 0 Å². The number of anilines is 1. The molecule has 1 heterocycles. The van der Waals surface area contributed by atoms with Crippen molar-refractivity contribution < 1.29 is 4.74 Å². The Morgan fingerprint density at radius 2 is 1.64 bits per heavy atom. The average molecular weight is 409 g/mol. The van der Waals surface area contributed by atoms with Crippen molar-refractivity contribution >= 4 is 17.4 Å². The summed E-state index contributed by atoms with van der Waals surface area (Å²) in [5.41, 5.74) is -0.609. The van der Waals surface area contributed by atoms with Gasteiger partial charge in [0.05, 0.1) is 6.61 Å². The van der Waals surface area contributed by atoms with E-state index in [2.05, 4.69) is 11.9 Å². The van der Waals surface area contributed by atoms with Crippen LogP contribution in [-0.4, -0.2) is 54.4 Å². The van der Waals surface area contributed by atoms with Crippen LogP contribution in [0.2, 0.25) is 5.02 Å². The topological polar surface area (TPSA) is 59.7 Å². The standard InChI is InChI=1S/C20H29ClN4O3/c1-22(11-5-6-14-28-17-9-7-16(21)8-10-17)12-13-23(2)18-15-19(26)25(4)20(27)24(18)3/h7-10,15H,5-6,11-14H2,1-4H3. The summed E-state index contributed by atoms with van der Waals surface area (Å²) in [5, 5.41) is 0.704. The molecule has 0 amide bonds. The quantitative estimate of drug-likeness (QED) is 0.562. The van der Waals surface area contributed by atoms with Gasteiger partial charge in [0, 0.05) is 45.3 Å². The maximum absolute atomic E-state index is 12.0. The molecule has 8 heteroatoms. The smallest absolute Gasteiger partial charge is 0.332 e. The molecule has 0 bridgehead atoms. The van der Waals surface area contributed by atoms with E-state index in [0.717, 1.165) is 42.8 Å². The maximum atomic E-state index is 12.0. The maximum Gasteiger partial charge on any atom is 0.332 e. The third-order valence-corrected chi connectivity index (χ3v) is 4.98. The Kier molecular flexibility index (Phi) is 8.14. The summed E-state index contributed by atoms with van der Waals surface area (Å²) in [4.78, 5) is 28.1. The van der Waals surface area contributed by atoms with Gasteiger partial charge in [-0.1, -0.05) is 11.6 Å². The Labute approximate surface area is 170 Å². The van der Waals surface area contributed by atoms with Gasteiger partial charge in [0.25, 0.3) is 5.56 Å². The van der Waals surface area contributed by atoms with E-state index in [1.54, 1.807) is 7.05 Å². The van der Waals surface area contributed by atoms with Crippen LogP contribution < -0.4 is 20.9 Å². The Bertz CT molecular complexity index is 877. The number of nitrogens with zero attached hydrogens (tertiary/aromatic N) is 4. The third kappa shape index (κ3) is 6.14. The molecule has 1 aromatic heterocycles. The molecule has 0 spiro atoms. The Balaban J connectivity index is 1.71. The number of hydrogen-bond acceptors (Lipinski definition) is 5. The summed E-state index contributed by atoms with van der Waals surface area (Å²) in [6.07, 6.45) is 1.99. The Hall–Kier alpha value is -2.25. The third-order valence-electron chi connectivity index (χ3n) is 4.73. The minimum atomic E-state index is -0.316. The normalized spacial score (nSPS) is 11.1. The van der Waals surface area contributed by atoms with Crippen molar-refractivity contribution in [3.05, 3.63) is 56.2 Å². The summed E-state index contributed by atoms with van der Waals surface area (Å²) in [6.45, 7) is 3.17. The molecular weight excluding hydrogens is 380 g/mol. The molecule has 2 aromatic rings. The number of likely N-dealkylation sites (N-methyl/N-ethyl adjacent to an activating group) is 2. The van der Waals surface area contributed by atoms with Gasteiger partial charge in [0.2, 0.25) is 0 Å². The second-order valence-electron chi connectivity index (χ2n) is 6.98. The molecule has 1 aromatic carbocycles. The van der Waals surface area contributed by atoms with Gasteiger partial charge in [-0.05, 0) is 50.7 Å². The lowest BCUT2D eigenvalue weighted by Gasteiger charge is -2.25. The highest BCUT2D eigenvalue weighted by molar-refractivity contribution is 6.30. The van der Waals surface area contributed by atoms with Gasteiger partial charge < -0.3 is 14.5 Å². The summed E-state index contributed by atoms with van der Waals surface area (Å²) in [6, 6.07) is 8.87. The molecule has 0 fully saturated rings. The molecule has 0 N–H and O–H groups in total. The van der Waals surface area contributed by atoms with Crippen molar-refractivity contribution in [1.82, 2.24) is 14.0 Å². The lowest BCUT2D eigenvalue weighted by molar-refractivity contribution is 0.281. The van der Waals surface area contributed by atoms with Crippen LogP contribution in [0.15, 0.2) is 39.9 Å². The summed E-state index contributed by atoms with van der Waals surface area (Å²) < 4.78 is 8.30. The average Bonchev–Trinajstić information content (AvgIpc) is 2.68. The predicted octanol–water partition coefficient (Wildman–Crippen LogP) is 1.96. The number of hydrogen-bond donors (Lipinski definition) is 0. The van der Waals surface area contributed by atoms with E-state index in [0.29, 0.717) is 17.4 Å². The van der Waals surface area contributed by atoms with E-state index in [-0.39, 0.29) is 11.2 Å². The Morgan fingerprint density at radius 1 is 0.964 bits per heavy atom. The number of ether oxygens (including phenoxy) is 1. The van der Waals surface area contributed by atoms with E-state index >= 15 is 0 Å². The highest BCUT2D eigenvalue weighted by Crippen LogP contribution is 2.15. The fraction of sp³-hybridized carbons (Fsp3) is 0.500. The molecule has 0 saturated heterocycles. The molecule has 7 nitrogen and oxygen atoms in total. The molecule has 0 unspecified atom stereocenters. The lowest BCUT2D eigenvalue weighted by atomic mass is 10.3. The molecule has 0 aliphatic heterocycles. The van der Waals surface area contributed by atoms with Gasteiger partial charge in [0.15, 0.2) is 0 Å². The van der Waals surface area contributed by atoms with Gasteiger partial charge in [-0.3, -0.25) is 13.9 Å².